The minimum absolute atomic E-state index is 0.00303. The van der Waals surface area contributed by atoms with E-state index < -0.39 is 10.0 Å². The lowest BCUT2D eigenvalue weighted by Crippen LogP contribution is -2.50. The zero-order valence-corrected chi connectivity index (χ0v) is 14.9. The van der Waals surface area contributed by atoms with Crippen LogP contribution in [-0.4, -0.2) is 56.3 Å². The predicted octanol–water partition coefficient (Wildman–Crippen LogP) is 1.57. The fraction of sp³-hybridized carbons (Fsp3) is 0.500. The molecule has 0 spiro atoms. The third kappa shape index (κ3) is 4.16. The highest BCUT2D eigenvalue weighted by molar-refractivity contribution is 7.89. The van der Waals surface area contributed by atoms with Crippen LogP contribution in [0.3, 0.4) is 0 Å². The van der Waals surface area contributed by atoms with Crippen molar-refractivity contribution in [1.82, 2.24) is 9.21 Å². The second-order valence-corrected chi connectivity index (χ2v) is 7.92. The van der Waals surface area contributed by atoms with Crippen LogP contribution in [0.25, 0.3) is 0 Å². The van der Waals surface area contributed by atoms with Crippen molar-refractivity contribution in [3.05, 3.63) is 28.2 Å². The van der Waals surface area contributed by atoms with Crippen molar-refractivity contribution in [2.24, 2.45) is 5.73 Å². The second-order valence-electron chi connectivity index (χ2n) is 5.23. The molecule has 1 aromatic rings. The fourth-order valence-corrected chi connectivity index (χ4v) is 4.96. The van der Waals surface area contributed by atoms with E-state index in [1.54, 1.807) is 11.0 Å². The van der Waals surface area contributed by atoms with Gasteiger partial charge in [-0.3, -0.25) is 4.79 Å². The number of nitrogens with two attached hydrogens (primary N) is 1. The normalized spacial score (nSPS) is 16.6. The lowest BCUT2D eigenvalue weighted by atomic mass is 10.2. The number of benzene rings is 1. The van der Waals surface area contributed by atoms with Gasteiger partial charge >= 0.3 is 0 Å². The topological polar surface area (TPSA) is 83.7 Å². The summed E-state index contributed by atoms with van der Waals surface area (Å²) in [5.74, 6) is 0.00303. The van der Waals surface area contributed by atoms with Crippen LogP contribution in [0.2, 0.25) is 10.0 Å². The van der Waals surface area contributed by atoms with Gasteiger partial charge < -0.3 is 10.6 Å². The molecule has 0 unspecified atom stereocenters. The average molecular weight is 380 g/mol. The summed E-state index contributed by atoms with van der Waals surface area (Å²) < 4.78 is 26.7. The standard InChI is InChI=1S/C14H19Cl2N3O3S/c15-11-3-1-4-12(16)14(11)23(21,22)19-9-7-18(8-10-19)13(20)5-2-6-17/h1,3-4H,2,5-10,17H2. The van der Waals surface area contributed by atoms with Crippen molar-refractivity contribution in [2.45, 2.75) is 17.7 Å². The molecule has 1 fully saturated rings. The van der Waals surface area contributed by atoms with Crippen LogP contribution in [0.4, 0.5) is 0 Å². The van der Waals surface area contributed by atoms with Crippen molar-refractivity contribution in [3.63, 3.8) is 0 Å². The van der Waals surface area contributed by atoms with E-state index in [4.69, 9.17) is 28.9 Å². The van der Waals surface area contributed by atoms with Crippen molar-refractivity contribution in [3.8, 4) is 0 Å². The minimum Gasteiger partial charge on any atom is -0.340 e. The van der Waals surface area contributed by atoms with Gasteiger partial charge in [-0.1, -0.05) is 29.3 Å². The van der Waals surface area contributed by atoms with E-state index in [1.165, 1.54) is 16.4 Å². The van der Waals surface area contributed by atoms with Gasteiger partial charge in [-0.2, -0.15) is 4.31 Å². The molecular formula is C14H19Cl2N3O3S. The Bertz CT molecular complexity index is 654. The number of carbonyl (C=O) groups is 1. The molecule has 1 amide bonds. The van der Waals surface area contributed by atoms with E-state index in [-0.39, 0.29) is 33.9 Å². The first-order valence-electron chi connectivity index (χ1n) is 7.30. The summed E-state index contributed by atoms with van der Waals surface area (Å²) in [6.45, 7) is 1.61. The molecule has 0 aliphatic carbocycles. The predicted molar refractivity (Wildman–Crippen MR) is 90.1 cm³/mol. The molecule has 0 aromatic heterocycles. The molecule has 2 N–H and O–H groups in total. The molecule has 0 atom stereocenters. The quantitative estimate of drug-likeness (QED) is 0.841. The Kier molecular flexibility index (Phi) is 6.27. The summed E-state index contributed by atoms with van der Waals surface area (Å²) in [4.78, 5) is 13.5. The van der Waals surface area contributed by atoms with Crippen molar-refractivity contribution in [1.29, 1.82) is 0 Å². The van der Waals surface area contributed by atoms with Crippen LogP contribution in [-0.2, 0) is 14.8 Å². The summed E-state index contributed by atoms with van der Waals surface area (Å²) >= 11 is 12.0. The zero-order chi connectivity index (χ0) is 17.0. The van der Waals surface area contributed by atoms with E-state index in [0.717, 1.165) is 0 Å². The monoisotopic (exact) mass is 379 g/mol. The number of rotatable bonds is 5. The van der Waals surface area contributed by atoms with Crippen molar-refractivity contribution < 1.29 is 13.2 Å². The van der Waals surface area contributed by atoms with Crippen molar-refractivity contribution in [2.75, 3.05) is 32.7 Å². The van der Waals surface area contributed by atoms with Crippen LogP contribution in [0.1, 0.15) is 12.8 Å². The number of sulfonamides is 1. The van der Waals surface area contributed by atoms with Gasteiger partial charge in [-0.15, -0.1) is 0 Å². The summed E-state index contributed by atoms with van der Waals surface area (Å²) in [5, 5.41) is 0.193. The molecule has 128 valence electrons. The number of carbonyl (C=O) groups excluding carboxylic acids is 1. The Labute approximate surface area is 146 Å². The van der Waals surface area contributed by atoms with Gasteiger partial charge in [0.25, 0.3) is 0 Å². The largest absolute Gasteiger partial charge is 0.340 e. The smallest absolute Gasteiger partial charge is 0.246 e. The Hall–Kier alpha value is -0.860. The Balaban J connectivity index is 2.09. The molecule has 2 rings (SSSR count). The van der Waals surface area contributed by atoms with Crippen LogP contribution in [0, 0.1) is 0 Å². The highest BCUT2D eigenvalue weighted by Crippen LogP contribution is 2.31. The Morgan fingerprint density at radius 2 is 1.70 bits per heavy atom. The maximum Gasteiger partial charge on any atom is 0.246 e. The number of halogens is 2. The lowest BCUT2D eigenvalue weighted by Gasteiger charge is -2.34. The molecule has 1 aliphatic rings. The summed E-state index contributed by atoms with van der Waals surface area (Å²) in [7, 11) is -3.78. The third-order valence-corrected chi connectivity index (χ3v) is 6.56. The van der Waals surface area contributed by atoms with E-state index in [0.29, 0.717) is 32.5 Å². The first-order valence-corrected chi connectivity index (χ1v) is 9.49. The molecule has 1 heterocycles. The summed E-state index contributed by atoms with van der Waals surface area (Å²) in [6, 6.07) is 4.58. The Morgan fingerprint density at radius 3 is 2.22 bits per heavy atom. The molecule has 0 bridgehead atoms. The van der Waals surface area contributed by atoms with Gasteiger partial charge in [0.15, 0.2) is 0 Å². The first-order chi connectivity index (χ1) is 10.9. The van der Waals surface area contributed by atoms with Gasteiger partial charge in [0, 0.05) is 32.6 Å². The first kappa shape index (κ1) is 18.5. The molecule has 1 aromatic carbocycles. The van der Waals surface area contributed by atoms with Crippen LogP contribution in [0.15, 0.2) is 23.1 Å². The molecule has 23 heavy (non-hydrogen) atoms. The molecule has 6 nitrogen and oxygen atoms in total. The molecule has 1 aliphatic heterocycles. The SMILES string of the molecule is NCCCC(=O)N1CCN(S(=O)(=O)c2c(Cl)cccc2Cl)CC1. The van der Waals surface area contributed by atoms with Crippen LogP contribution < -0.4 is 5.73 Å². The van der Waals surface area contributed by atoms with Gasteiger partial charge in [-0.25, -0.2) is 8.42 Å². The highest BCUT2D eigenvalue weighted by atomic mass is 35.5. The van der Waals surface area contributed by atoms with Gasteiger partial charge in [0.05, 0.1) is 10.0 Å². The number of hydrogen-bond donors (Lipinski definition) is 1. The van der Waals surface area contributed by atoms with Crippen LogP contribution >= 0.6 is 23.2 Å². The average Bonchev–Trinajstić information content (AvgIpc) is 2.52. The maximum absolute atomic E-state index is 12.7. The van der Waals surface area contributed by atoms with Crippen LogP contribution in [0.5, 0.6) is 0 Å². The zero-order valence-electron chi connectivity index (χ0n) is 12.5. The molecule has 1 saturated heterocycles. The van der Waals surface area contributed by atoms with Gasteiger partial charge in [-0.05, 0) is 25.1 Å². The highest BCUT2D eigenvalue weighted by Gasteiger charge is 2.32. The third-order valence-electron chi connectivity index (χ3n) is 3.70. The number of hydrogen-bond acceptors (Lipinski definition) is 4. The summed E-state index contributed by atoms with van der Waals surface area (Å²) in [5.41, 5.74) is 5.39. The minimum atomic E-state index is -3.78. The van der Waals surface area contributed by atoms with Crippen molar-refractivity contribution >= 4 is 39.1 Å². The lowest BCUT2D eigenvalue weighted by molar-refractivity contribution is -0.132. The molecule has 0 radical (unpaired) electrons. The van der Waals surface area contributed by atoms with E-state index in [1.807, 2.05) is 0 Å². The van der Waals surface area contributed by atoms with E-state index in [9.17, 15) is 13.2 Å². The number of amides is 1. The number of nitrogens with zero attached hydrogens (tertiary/aromatic N) is 2. The van der Waals surface area contributed by atoms with E-state index >= 15 is 0 Å². The van der Waals surface area contributed by atoms with E-state index in [2.05, 4.69) is 0 Å². The molecular weight excluding hydrogens is 361 g/mol. The van der Waals surface area contributed by atoms with Gasteiger partial charge in [0.1, 0.15) is 4.90 Å². The summed E-state index contributed by atoms with van der Waals surface area (Å²) in [6.07, 6.45) is 1.02. The Morgan fingerprint density at radius 1 is 1.13 bits per heavy atom. The second kappa shape index (κ2) is 7.81. The fourth-order valence-electron chi connectivity index (χ4n) is 2.45. The number of piperazine rings is 1. The van der Waals surface area contributed by atoms with Gasteiger partial charge in [0.2, 0.25) is 15.9 Å². The maximum atomic E-state index is 12.7. The molecule has 0 saturated carbocycles. The molecule has 9 heteroatoms.